The van der Waals surface area contributed by atoms with E-state index in [0.29, 0.717) is 24.2 Å². The van der Waals surface area contributed by atoms with Crippen LogP contribution < -0.4 is 10.6 Å². The van der Waals surface area contributed by atoms with Gasteiger partial charge in [-0.25, -0.2) is 4.39 Å². The predicted molar refractivity (Wildman–Crippen MR) is 126 cm³/mol. The van der Waals surface area contributed by atoms with Crippen molar-refractivity contribution in [2.45, 2.75) is 45.0 Å². The van der Waals surface area contributed by atoms with Crippen molar-refractivity contribution in [3.8, 4) is 0 Å². The van der Waals surface area contributed by atoms with E-state index in [1.54, 1.807) is 32.0 Å². The highest BCUT2D eigenvalue weighted by Gasteiger charge is 2.40. The van der Waals surface area contributed by atoms with Gasteiger partial charge < -0.3 is 15.5 Å². The maximum absolute atomic E-state index is 14.5. The number of amides is 2. The lowest BCUT2D eigenvalue weighted by Gasteiger charge is -2.32. The number of hydrogen-bond donors (Lipinski definition) is 2. The monoisotopic (exact) mass is 475 g/mol. The van der Waals surface area contributed by atoms with E-state index in [2.05, 4.69) is 15.5 Å². The van der Waals surface area contributed by atoms with E-state index < -0.39 is 11.8 Å². The van der Waals surface area contributed by atoms with Crippen LogP contribution in [0.2, 0.25) is 0 Å². The zero-order valence-corrected chi connectivity index (χ0v) is 19.6. The fourth-order valence-corrected chi connectivity index (χ4v) is 4.08. The summed E-state index contributed by atoms with van der Waals surface area (Å²) in [6, 6.07) is 11.7. The Morgan fingerprint density at radius 2 is 1.76 bits per heavy atom. The zero-order chi connectivity index (χ0) is 24.7. The number of benzene rings is 2. The number of nitrogens with one attached hydrogen (secondary N) is 2. The van der Waals surface area contributed by atoms with Crippen LogP contribution in [0.5, 0.6) is 0 Å². The number of halogens is 3. The highest BCUT2D eigenvalue weighted by atomic mass is 19.3. The second-order valence-corrected chi connectivity index (χ2v) is 9.05. The van der Waals surface area contributed by atoms with Crippen LogP contribution in [-0.2, 0) is 15.5 Å². The van der Waals surface area contributed by atoms with Gasteiger partial charge >= 0.3 is 5.92 Å². The average Bonchev–Trinajstić information content (AvgIpc) is 2.83. The van der Waals surface area contributed by atoms with Crippen molar-refractivity contribution in [1.82, 2.24) is 10.2 Å². The minimum atomic E-state index is -3.56. The molecule has 0 radical (unpaired) electrons. The van der Waals surface area contributed by atoms with Crippen LogP contribution in [0.25, 0.3) is 0 Å². The smallest absolute Gasteiger partial charge is 0.349 e. The standard InChI is InChI=1S/C26H32F3N3O2/c1-18(2)24(33)31-21-9-10-23(27)22(17-21)19-11-15-32(16-12-19)14-6-13-30-25(34)26(28,29)20-7-4-3-5-8-20/h3-5,7-10,17-19H,6,11-16H2,1-2H3,(H,30,34)(H,31,33). The molecule has 2 N–H and O–H groups in total. The van der Waals surface area contributed by atoms with Crippen molar-refractivity contribution in [2.75, 3.05) is 31.5 Å². The fraction of sp³-hybridized carbons (Fsp3) is 0.462. The number of alkyl halides is 2. The first-order valence-corrected chi connectivity index (χ1v) is 11.7. The molecule has 0 aliphatic carbocycles. The summed E-state index contributed by atoms with van der Waals surface area (Å²) in [5.41, 5.74) is 0.881. The summed E-state index contributed by atoms with van der Waals surface area (Å²) in [6.45, 7) is 5.93. The molecule has 3 rings (SSSR count). The molecule has 34 heavy (non-hydrogen) atoms. The second-order valence-electron chi connectivity index (χ2n) is 9.05. The van der Waals surface area contributed by atoms with Gasteiger partial charge in [0.25, 0.3) is 5.91 Å². The van der Waals surface area contributed by atoms with Crippen LogP contribution in [0.3, 0.4) is 0 Å². The van der Waals surface area contributed by atoms with Crippen molar-refractivity contribution in [3.05, 3.63) is 65.5 Å². The van der Waals surface area contributed by atoms with Gasteiger partial charge in [0.15, 0.2) is 0 Å². The Kier molecular flexibility index (Phi) is 8.72. The summed E-state index contributed by atoms with van der Waals surface area (Å²) in [7, 11) is 0. The van der Waals surface area contributed by atoms with Gasteiger partial charge in [0.1, 0.15) is 5.82 Å². The van der Waals surface area contributed by atoms with Crippen LogP contribution in [-0.4, -0.2) is 42.9 Å². The first-order valence-electron chi connectivity index (χ1n) is 11.7. The van der Waals surface area contributed by atoms with E-state index >= 15 is 0 Å². The molecule has 184 valence electrons. The molecule has 1 aliphatic heterocycles. The molecule has 0 bridgehead atoms. The second kappa shape index (κ2) is 11.5. The molecule has 1 aliphatic rings. The van der Waals surface area contributed by atoms with Crippen LogP contribution >= 0.6 is 0 Å². The Balaban J connectivity index is 1.43. The maximum Gasteiger partial charge on any atom is 0.349 e. The molecule has 8 heteroatoms. The van der Waals surface area contributed by atoms with Crippen molar-refractivity contribution in [2.24, 2.45) is 5.92 Å². The van der Waals surface area contributed by atoms with Crippen molar-refractivity contribution < 1.29 is 22.8 Å². The fourth-order valence-electron chi connectivity index (χ4n) is 4.08. The van der Waals surface area contributed by atoms with Crippen molar-refractivity contribution >= 4 is 17.5 Å². The summed E-state index contributed by atoms with van der Waals surface area (Å²) in [5.74, 6) is -5.35. The van der Waals surface area contributed by atoms with Crippen molar-refractivity contribution in [1.29, 1.82) is 0 Å². The van der Waals surface area contributed by atoms with E-state index in [0.717, 1.165) is 25.9 Å². The van der Waals surface area contributed by atoms with Crippen LogP contribution in [0.15, 0.2) is 48.5 Å². The van der Waals surface area contributed by atoms with Crippen LogP contribution in [0.1, 0.15) is 50.2 Å². The predicted octanol–water partition coefficient (Wildman–Crippen LogP) is 4.90. The summed E-state index contributed by atoms with van der Waals surface area (Å²) >= 11 is 0. The molecule has 5 nitrogen and oxygen atoms in total. The van der Waals surface area contributed by atoms with E-state index in [1.165, 1.54) is 30.3 Å². The van der Waals surface area contributed by atoms with Gasteiger partial charge in [-0.3, -0.25) is 9.59 Å². The summed E-state index contributed by atoms with van der Waals surface area (Å²) in [5, 5.41) is 5.15. The molecule has 1 saturated heterocycles. The van der Waals surface area contributed by atoms with E-state index in [-0.39, 0.29) is 35.7 Å². The number of rotatable bonds is 9. The minimum absolute atomic E-state index is 0.0522. The first kappa shape index (κ1) is 25.7. The van der Waals surface area contributed by atoms with E-state index in [4.69, 9.17) is 0 Å². The maximum atomic E-state index is 14.5. The van der Waals surface area contributed by atoms with Gasteiger partial charge in [0, 0.05) is 23.7 Å². The lowest BCUT2D eigenvalue weighted by atomic mass is 9.88. The number of nitrogens with zero attached hydrogens (tertiary/aromatic N) is 1. The highest BCUT2D eigenvalue weighted by molar-refractivity contribution is 5.92. The Bertz CT molecular complexity index is 975. The van der Waals surface area contributed by atoms with Gasteiger partial charge in [0.05, 0.1) is 0 Å². The lowest BCUT2D eigenvalue weighted by Crippen LogP contribution is -2.40. The van der Waals surface area contributed by atoms with Gasteiger partial charge in [-0.15, -0.1) is 0 Å². The van der Waals surface area contributed by atoms with Crippen LogP contribution in [0.4, 0.5) is 18.9 Å². The van der Waals surface area contributed by atoms with Crippen LogP contribution in [0, 0.1) is 11.7 Å². The summed E-state index contributed by atoms with van der Waals surface area (Å²) in [6.07, 6.45) is 2.07. The Labute approximate surface area is 198 Å². The summed E-state index contributed by atoms with van der Waals surface area (Å²) < 4.78 is 42.9. The Morgan fingerprint density at radius 1 is 1.09 bits per heavy atom. The van der Waals surface area contributed by atoms with E-state index in [9.17, 15) is 22.8 Å². The third-order valence-electron chi connectivity index (χ3n) is 6.17. The first-order chi connectivity index (χ1) is 16.2. The number of hydrogen-bond acceptors (Lipinski definition) is 3. The van der Waals surface area contributed by atoms with Crippen molar-refractivity contribution in [3.63, 3.8) is 0 Å². The van der Waals surface area contributed by atoms with Gasteiger partial charge in [-0.05, 0) is 68.6 Å². The van der Waals surface area contributed by atoms with E-state index in [1.807, 2.05) is 0 Å². The number of likely N-dealkylation sites (tertiary alicyclic amines) is 1. The van der Waals surface area contributed by atoms with Gasteiger partial charge in [-0.2, -0.15) is 8.78 Å². The Morgan fingerprint density at radius 3 is 2.41 bits per heavy atom. The molecule has 0 atom stereocenters. The number of anilines is 1. The number of piperidine rings is 1. The quantitative estimate of drug-likeness (QED) is 0.508. The summed E-state index contributed by atoms with van der Waals surface area (Å²) in [4.78, 5) is 26.1. The van der Waals surface area contributed by atoms with Gasteiger partial charge in [-0.1, -0.05) is 44.2 Å². The third kappa shape index (κ3) is 6.59. The zero-order valence-electron chi connectivity index (χ0n) is 19.6. The molecular weight excluding hydrogens is 443 g/mol. The normalized spacial score (nSPS) is 15.4. The minimum Gasteiger partial charge on any atom is -0.351 e. The molecular formula is C26H32F3N3O2. The molecule has 0 saturated carbocycles. The number of carbonyl (C=O) groups is 2. The largest absolute Gasteiger partial charge is 0.351 e. The molecule has 1 heterocycles. The molecule has 1 fully saturated rings. The molecule has 0 unspecified atom stereocenters. The molecule has 2 amide bonds. The highest BCUT2D eigenvalue weighted by Crippen LogP contribution is 2.32. The topological polar surface area (TPSA) is 61.4 Å². The van der Waals surface area contributed by atoms with Gasteiger partial charge in [0.2, 0.25) is 5.91 Å². The third-order valence-corrected chi connectivity index (χ3v) is 6.17. The lowest BCUT2D eigenvalue weighted by molar-refractivity contribution is -0.147. The Hall–Kier alpha value is -2.87. The molecule has 2 aromatic rings. The molecule has 2 aromatic carbocycles. The SMILES string of the molecule is CC(C)C(=O)Nc1ccc(F)c(C2CCN(CCCNC(=O)C(F)(F)c3ccccc3)CC2)c1. The molecule has 0 spiro atoms. The number of carbonyl (C=O) groups excluding carboxylic acids is 2. The average molecular weight is 476 g/mol. The molecule has 0 aromatic heterocycles.